The van der Waals surface area contributed by atoms with Crippen molar-refractivity contribution in [2.24, 2.45) is 0 Å². The topological polar surface area (TPSA) is 93.4 Å². The summed E-state index contributed by atoms with van der Waals surface area (Å²) in [6, 6.07) is 10.4. The molecule has 0 spiro atoms. The minimum absolute atomic E-state index is 0.188. The highest BCUT2D eigenvalue weighted by Gasteiger charge is 2.34. The minimum atomic E-state index is -0.852. The number of amides is 1. The quantitative estimate of drug-likeness (QED) is 0.560. The van der Waals surface area contributed by atoms with Crippen molar-refractivity contribution in [2.45, 2.75) is 12.6 Å². The van der Waals surface area contributed by atoms with Crippen molar-refractivity contribution in [1.29, 1.82) is 0 Å². The number of cyclic esters (lactones) is 1. The fourth-order valence-corrected chi connectivity index (χ4v) is 5.00. The molecule has 2 saturated heterocycles. The summed E-state index contributed by atoms with van der Waals surface area (Å²) in [5.41, 5.74) is 1.44. The van der Waals surface area contributed by atoms with E-state index in [0.29, 0.717) is 47.4 Å². The monoisotopic (exact) mass is 474 g/mol. The van der Waals surface area contributed by atoms with E-state index in [-0.39, 0.29) is 18.9 Å². The molecule has 0 radical (unpaired) electrons. The van der Waals surface area contributed by atoms with Gasteiger partial charge in [0.05, 0.1) is 24.5 Å². The summed E-state index contributed by atoms with van der Waals surface area (Å²) in [6.07, 6.45) is -1.14. The number of rotatable bonds is 5. The Kier molecular flexibility index (Phi) is 5.75. The number of hydrogen-bond acceptors (Lipinski definition) is 7. The van der Waals surface area contributed by atoms with Gasteiger partial charge in [-0.1, -0.05) is 0 Å². The van der Waals surface area contributed by atoms with Gasteiger partial charge in [-0.15, -0.1) is 5.10 Å². The Labute approximate surface area is 190 Å². The lowest BCUT2D eigenvalue weighted by Gasteiger charge is -2.29. The molecule has 2 aliphatic rings. The molecule has 2 aromatic carbocycles. The number of tetrazole rings is 1. The predicted molar refractivity (Wildman–Crippen MR) is 117 cm³/mol. The van der Waals surface area contributed by atoms with Crippen LogP contribution in [0.25, 0.3) is 11.4 Å². The van der Waals surface area contributed by atoms with Crippen LogP contribution in [0.5, 0.6) is 0 Å². The lowest BCUT2D eigenvalue weighted by atomic mass is 10.2. The van der Waals surface area contributed by atoms with Gasteiger partial charge in [-0.2, -0.15) is 0 Å². The van der Waals surface area contributed by atoms with Crippen molar-refractivity contribution in [3.8, 4) is 11.4 Å². The van der Waals surface area contributed by atoms with Crippen LogP contribution in [0.15, 0.2) is 42.5 Å². The summed E-state index contributed by atoms with van der Waals surface area (Å²) in [5.74, 6) is 0.626. The first-order chi connectivity index (χ1) is 16.0. The molecular weight excluding hydrogens is 454 g/mol. The van der Waals surface area contributed by atoms with Crippen molar-refractivity contribution >= 4 is 28.3 Å². The van der Waals surface area contributed by atoms with Gasteiger partial charge in [0.1, 0.15) is 17.7 Å². The van der Waals surface area contributed by atoms with Crippen LogP contribution >= 0.6 is 0 Å². The first-order valence-electron chi connectivity index (χ1n) is 10.4. The third-order valence-corrected chi connectivity index (χ3v) is 6.92. The lowest BCUT2D eigenvalue weighted by molar-refractivity contribution is 0.129. The third kappa shape index (κ3) is 4.42. The second-order valence-corrected chi connectivity index (χ2v) is 9.47. The normalized spacial score (nSPS) is 19.2. The number of nitrogens with zero attached hydrogens (tertiary/aromatic N) is 6. The molecule has 0 N–H and O–H groups in total. The molecule has 3 aromatic rings. The average molecular weight is 474 g/mol. The zero-order valence-electron chi connectivity index (χ0n) is 17.4. The van der Waals surface area contributed by atoms with Crippen molar-refractivity contribution in [3.63, 3.8) is 0 Å². The number of halogens is 2. The van der Waals surface area contributed by atoms with Crippen LogP contribution in [0.3, 0.4) is 0 Å². The standard InChI is InChI=1S/C21H20F2N6O3S/c22-15-3-1-14(2-4-15)20-24-25-26-29(20)13-17-12-28(21(30)32-17)16-5-6-19(18(23)11-16)27-7-9-33(31)10-8-27/h1-6,11,17H,7-10,12-13H2. The van der Waals surface area contributed by atoms with E-state index >= 15 is 0 Å². The largest absolute Gasteiger partial charge is 0.442 e. The van der Waals surface area contributed by atoms with Crippen molar-refractivity contribution in [2.75, 3.05) is 40.9 Å². The smallest absolute Gasteiger partial charge is 0.414 e. The van der Waals surface area contributed by atoms with Gasteiger partial charge in [0.25, 0.3) is 0 Å². The molecule has 0 aliphatic carbocycles. The van der Waals surface area contributed by atoms with Crippen LogP contribution in [-0.2, 0) is 22.1 Å². The highest BCUT2D eigenvalue weighted by Crippen LogP contribution is 2.29. The van der Waals surface area contributed by atoms with Crippen LogP contribution in [0.4, 0.5) is 25.0 Å². The van der Waals surface area contributed by atoms with Gasteiger partial charge in [-0.05, 0) is 52.9 Å². The first kappa shape index (κ1) is 21.4. The Balaban J connectivity index is 1.29. The van der Waals surface area contributed by atoms with Crippen molar-refractivity contribution in [1.82, 2.24) is 20.2 Å². The molecule has 0 bridgehead atoms. The molecule has 5 rings (SSSR count). The average Bonchev–Trinajstić information content (AvgIpc) is 3.41. The van der Waals surface area contributed by atoms with E-state index in [2.05, 4.69) is 15.5 Å². The Bertz CT molecular complexity index is 1190. The second kappa shape index (κ2) is 8.85. The molecule has 1 aromatic heterocycles. The Morgan fingerprint density at radius 1 is 1.09 bits per heavy atom. The Morgan fingerprint density at radius 2 is 1.85 bits per heavy atom. The van der Waals surface area contributed by atoms with Crippen LogP contribution in [0, 0.1) is 11.6 Å². The van der Waals surface area contributed by atoms with Gasteiger partial charge in [-0.25, -0.2) is 18.3 Å². The van der Waals surface area contributed by atoms with E-state index in [9.17, 15) is 17.8 Å². The van der Waals surface area contributed by atoms with Gasteiger partial charge < -0.3 is 9.64 Å². The summed E-state index contributed by atoms with van der Waals surface area (Å²) in [5, 5.41) is 11.6. The van der Waals surface area contributed by atoms with Crippen LogP contribution in [0.2, 0.25) is 0 Å². The number of anilines is 2. The van der Waals surface area contributed by atoms with Crippen molar-refractivity contribution in [3.05, 3.63) is 54.1 Å². The molecule has 0 saturated carbocycles. The number of benzene rings is 2. The fraction of sp³-hybridized carbons (Fsp3) is 0.333. The van der Waals surface area contributed by atoms with E-state index in [1.54, 1.807) is 24.3 Å². The molecule has 2 aliphatic heterocycles. The summed E-state index contributed by atoms with van der Waals surface area (Å²) < 4.78 is 46.5. The highest BCUT2D eigenvalue weighted by atomic mass is 32.2. The zero-order chi connectivity index (χ0) is 22.9. The molecular formula is C21H20F2N6O3S. The van der Waals surface area contributed by atoms with Gasteiger partial charge in [-0.3, -0.25) is 9.11 Å². The highest BCUT2D eigenvalue weighted by molar-refractivity contribution is 7.85. The maximum atomic E-state index is 14.8. The van der Waals surface area contributed by atoms with Crippen molar-refractivity contribution < 1.29 is 22.5 Å². The van der Waals surface area contributed by atoms with E-state index < -0.39 is 28.8 Å². The molecule has 12 heteroatoms. The van der Waals surface area contributed by atoms with Gasteiger partial charge >= 0.3 is 6.09 Å². The summed E-state index contributed by atoms with van der Waals surface area (Å²) in [4.78, 5) is 15.7. The molecule has 1 amide bonds. The van der Waals surface area contributed by atoms with E-state index in [0.717, 1.165) is 0 Å². The van der Waals surface area contributed by atoms with Gasteiger partial charge in [0, 0.05) is 41.0 Å². The second-order valence-electron chi connectivity index (χ2n) is 7.78. The summed E-state index contributed by atoms with van der Waals surface area (Å²) >= 11 is 0. The number of aromatic nitrogens is 4. The lowest BCUT2D eigenvalue weighted by Crippen LogP contribution is -2.38. The molecule has 172 valence electrons. The fourth-order valence-electron chi connectivity index (χ4n) is 3.95. The molecule has 3 heterocycles. The minimum Gasteiger partial charge on any atom is -0.442 e. The maximum Gasteiger partial charge on any atom is 0.414 e. The van der Waals surface area contributed by atoms with Gasteiger partial charge in [0.15, 0.2) is 5.82 Å². The number of hydrogen-bond donors (Lipinski definition) is 0. The van der Waals surface area contributed by atoms with E-state index in [1.165, 1.54) is 27.8 Å². The van der Waals surface area contributed by atoms with E-state index in [1.807, 2.05) is 4.90 Å². The Hall–Kier alpha value is -3.41. The number of ether oxygens (including phenoxy) is 1. The van der Waals surface area contributed by atoms with Gasteiger partial charge in [0.2, 0.25) is 0 Å². The van der Waals surface area contributed by atoms with Crippen LogP contribution < -0.4 is 9.80 Å². The summed E-state index contributed by atoms with van der Waals surface area (Å²) in [7, 11) is -0.852. The number of carbonyl (C=O) groups excluding carboxylic acids is 1. The molecule has 1 atom stereocenters. The molecule has 1 unspecified atom stereocenters. The molecule has 2 fully saturated rings. The number of carbonyl (C=O) groups is 1. The maximum absolute atomic E-state index is 14.8. The molecule has 9 nitrogen and oxygen atoms in total. The first-order valence-corrected chi connectivity index (χ1v) is 11.9. The zero-order valence-corrected chi connectivity index (χ0v) is 18.3. The summed E-state index contributed by atoms with van der Waals surface area (Å²) in [6.45, 7) is 1.44. The third-order valence-electron chi connectivity index (χ3n) is 5.65. The van der Waals surface area contributed by atoms with E-state index in [4.69, 9.17) is 4.74 Å². The SMILES string of the molecule is O=C1OC(Cn2nnnc2-c2ccc(F)cc2)CN1c1ccc(N2CCS(=O)CC2)c(F)c1. The Morgan fingerprint density at radius 3 is 2.58 bits per heavy atom. The molecule has 33 heavy (non-hydrogen) atoms. The van der Waals surface area contributed by atoms with Crippen LogP contribution in [0.1, 0.15) is 0 Å². The van der Waals surface area contributed by atoms with Crippen LogP contribution in [-0.4, -0.2) is 67.8 Å². The predicted octanol–water partition coefficient (Wildman–Crippen LogP) is 2.21.